The van der Waals surface area contributed by atoms with E-state index in [2.05, 4.69) is 22.1 Å². The van der Waals surface area contributed by atoms with Crippen molar-refractivity contribution in [2.24, 2.45) is 14.1 Å². The SMILES string of the molecule is Cn1cc(-c2[c-]cc(F)cc2F)nc1Cc1nc(-c2[c-]cc(F)cc2F)cn1C.[Pt+2]. The maximum Gasteiger partial charge on any atom is 2.00 e. The number of rotatable bonds is 4. The molecule has 0 N–H and O–H groups in total. The maximum atomic E-state index is 14.0. The zero-order chi connectivity index (χ0) is 20.7. The molecule has 0 saturated heterocycles. The van der Waals surface area contributed by atoms with Crippen LogP contribution >= 0.6 is 0 Å². The van der Waals surface area contributed by atoms with Crippen LogP contribution in [0, 0.1) is 35.4 Å². The molecule has 9 heteroatoms. The fraction of sp³-hybridized carbons (Fsp3) is 0.143. The van der Waals surface area contributed by atoms with Crippen molar-refractivity contribution in [3.8, 4) is 22.5 Å². The fourth-order valence-corrected chi connectivity index (χ4v) is 3.00. The maximum absolute atomic E-state index is 14.0. The van der Waals surface area contributed by atoms with Gasteiger partial charge in [-0.3, -0.25) is 27.5 Å². The molecule has 0 aliphatic rings. The molecule has 30 heavy (non-hydrogen) atoms. The van der Waals surface area contributed by atoms with E-state index in [1.807, 2.05) is 0 Å². The van der Waals surface area contributed by atoms with Gasteiger partial charge in [0.15, 0.2) is 0 Å². The van der Waals surface area contributed by atoms with Gasteiger partial charge in [0.25, 0.3) is 0 Å². The van der Waals surface area contributed by atoms with Crippen LogP contribution in [0.3, 0.4) is 0 Å². The summed E-state index contributed by atoms with van der Waals surface area (Å²) in [6.45, 7) is 0. The van der Waals surface area contributed by atoms with E-state index in [-0.39, 0.29) is 38.6 Å². The number of aryl methyl sites for hydroxylation is 2. The molecule has 0 aliphatic carbocycles. The molecule has 0 spiro atoms. The normalized spacial score (nSPS) is 10.9. The van der Waals surface area contributed by atoms with Crippen molar-refractivity contribution in [2.45, 2.75) is 6.42 Å². The van der Waals surface area contributed by atoms with Crippen molar-refractivity contribution in [2.75, 3.05) is 0 Å². The minimum atomic E-state index is -0.753. The summed E-state index contributed by atoms with van der Waals surface area (Å²) in [5.41, 5.74) is 0.758. The van der Waals surface area contributed by atoms with Crippen LogP contribution in [0.15, 0.2) is 36.7 Å². The summed E-state index contributed by atoms with van der Waals surface area (Å²) in [5, 5.41) is 0. The van der Waals surface area contributed by atoms with E-state index >= 15 is 0 Å². The summed E-state index contributed by atoms with van der Waals surface area (Å²) in [6, 6.07) is 8.75. The van der Waals surface area contributed by atoms with Gasteiger partial charge in [-0.25, -0.2) is 0 Å². The molecule has 0 aliphatic heterocycles. The average Bonchev–Trinajstić information content (AvgIpc) is 3.18. The second kappa shape index (κ2) is 8.56. The van der Waals surface area contributed by atoms with E-state index in [1.165, 1.54) is 0 Å². The van der Waals surface area contributed by atoms with Crippen molar-refractivity contribution >= 4 is 0 Å². The number of hydrogen-bond donors (Lipinski definition) is 0. The summed E-state index contributed by atoms with van der Waals surface area (Å²) in [4.78, 5) is 8.81. The zero-order valence-corrected chi connectivity index (χ0v) is 18.1. The standard InChI is InChI=1S/C21H14F4N4.Pt/c1-28-10-18(14-5-3-12(22)7-16(14)24)26-20(28)9-21-27-19(11-29(21)2)15-6-4-13(23)8-17(15)25;/h3-4,7-8,10-11H,9H2,1-2H3;/q-2;+2. The molecule has 2 aromatic heterocycles. The van der Waals surface area contributed by atoms with E-state index in [0.29, 0.717) is 23.0 Å². The first-order chi connectivity index (χ1) is 13.8. The molecule has 4 rings (SSSR count). The van der Waals surface area contributed by atoms with E-state index < -0.39 is 23.3 Å². The van der Waals surface area contributed by atoms with Gasteiger partial charge in [-0.05, 0) is 12.4 Å². The third-order valence-corrected chi connectivity index (χ3v) is 4.49. The molecule has 2 aromatic carbocycles. The Morgan fingerprint density at radius 3 is 1.53 bits per heavy atom. The number of halogens is 4. The summed E-state index contributed by atoms with van der Waals surface area (Å²) >= 11 is 0. The molecule has 2 heterocycles. The summed E-state index contributed by atoms with van der Waals surface area (Å²) in [5.74, 6) is -1.80. The van der Waals surface area contributed by atoms with Crippen LogP contribution in [0.1, 0.15) is 11.6 Å². The third-order valence-electron chi connectivity index (χ3n) is 4.49. The van der Waals surface area contributed by atoms with Crippen molar-refractivity contribution in [1.82, 2.24) is 19.1 Å². The largest absolute Gasteiger partial charge is 2.00 e. The van der Waals surface area contributed by atoms with E-state index in [9.17, 15) is 17.6 Å². The molecule has 0 unspecified atom stereocenters. The quantitative estimate of drug-likeness (QED) is 0.263. The Labute approximate surface area is 184 Å². The van der Waals surface area contributed by atoms with Crippen LogP contribution in [0.2, 0.25) is 0 Å². The molecular weight excluding hydrogens is 579 g/mol. The van der Waals surface area contributed by atoms with Gasteiger partial charge in [-0.15, -0.1) is 24.3 Å². The van der Waals surface area contributed by atoms with Gasteiger partial charge in [0, 0.05) is 48.8 Å². The Hall–Kier alpha value is -2.73. The Morgan fingerprint density at radius 1 is 0.767 bits per heavy atom. The summed E-state index contributed by atoms with van der Waals surface area (Å²) < 4.78 is 57.7. The Morgan fingerprint density at radius 2 is 1.17 bits per heavy atom. The number of hydrogen-bond acceptors (Lipinski definition) is 2. The average molecular weight is 593 g/mol. The molecule has 0 atom stereocenters. The molecule has 0 bridgehead atoms. The van der Waals surface area contributed by atoms with E-state index in [0.717, 1.165) is 24.3 Å². The Balaban J connectivity index is 0.00000256. The summed E-state index contributed by atoms with van der Waals surface area (Å²) in [6.07, 6.45) is 3.50. The second-order valence-electron chi connectivity index (χ2n) is 6.56. The number of aromatic nitrogens is 4. The van der Waals surface area contributed by atoms with Crippen LogP contribution in [0.4, 0.5) is 17.6 Å². The molecule has 156 valence electrons. The van der Waals surface area contributed by atoms with Gasteiger partial charge in [0.2, 0.25) is 0 Å². The topological polar surface area (TPSA) is 35.6 Å². The molecule has 0 fully saturated rings. The first kappa shape index (κ1) is 22.0. The van der Waals surface area contributed by atoms with Crippen LogP contribution in [0.25, 0.3) is 22.5 Å². The predicted molar refractivity (Wildman–Crippen MR) is 97.6 cm³/mol. The van der Waals surface area contributed by atoms with E-state index in [1.54, 1.807) is 35.6 Å². The number of nitrogens with zero attached hydrogens (tertiary/aromatic N) is 4. The predicted octanol–water partition coefficient (Wildman–Crippen LogP) is 4.23. The van der Waals surface area contributed by atoms with Gasteiger partial charge in [0.05, 0.1) is 6.42 Å². The smallest absolute Gasteiger partial charge is 0.347 e. The second-order valence-corrected chi connectivity index (χ2v) is 6.56. The third kappa shape index (κ3) is 4.24. The van der Waals surface area contributed by atoms with Gasteiger partial charge in [0.1, 0.15) is 11.6 Å². The Kier molecular flexibility index (Phi) is 6.27. The van der Waals surface area contributed by atoms with Crippen LogP contribution in [-0.4, -0.2) is 19.1 Å². The summed E-state index contributed by atoms with van der Waals surface area (Å²) in [7, 11) is 3.48. The monoisotopic (exact) mass is 593 g/mol. The van der Waals surface area contributed by atoms with Crippen LogP contribution in [0.5, 0.6) is 0 Å². The first-order valence-electron chi connectivity index (χ1n) is 8.60. The van der Waals surface area contributed by atoms with Gasteiger partial charge in [-0.1, -0.05) is 23.3 Å². The van der Waals surface area contributed by atoms with Crippen molar-refractivity contribution in [3.05, 3.63) is 83.7 Å². The fourth-order valence-electron chi connectivity index (χ4n) is 3.00. The van der Waals surface area contributed by atoms with Crippen LogP contribution in [-0.2, 0) is 41.6 Å². The zero-order valence-electron chi connectivity index (χ0n) is 15.8. The van der Waals surface area contributed by atoms with Gasteiger partial charge >= 0.3 is 21.1 Å². The van der Waals surface area contributed by atoms with Crippen molar-refractivity contribution in [1.29, 1.82) is 0 Å². The molecule has 4 nitrogen and oxygen atoms in total. The van der Waals surface area contributed by atoms with Gasteiger partial charge < -0.3 is 9.13 Å². The minimum Gasteiger partial charge on any atom is -0.347 e. The molecule has 0 radical (unpaired) electrons. The van der Waals surface area contributed by atoms with Gasteiger partial charge in [-0.2, -0.15) is 0 Å². The number of imidazole rings is 2. The van der Waals surface area contributed by atoms with Crippen molar-refractivity contribution < 1.29 is 38.6 Å². The van der Waals surface area contributed by atoms with E-state index in [4.69, 9.17) is 0 Å². The van der Waals surface area contributed by atoms with Crippen LogP contribution < -0.4 is 0 Å². The molecule has 0 amide bonds. The molecule has 0 saturated carbocycles. The Bertz CT molecular complexity index is 1120. The number of benzene rings is 2. The first-order valence-corrected chi connectivity index (χ1v) is 8.60. The van der Waals surface area contributed by atoms with Crippen molar-refractivity contribution in [3.63, 3.8) is 0 Å². The minimum absolute atomic E-state index is 0. The molecule has 4 aromatic rings. The molecular formula is C21H14F4N4Pt.